The molecular weight excluding hydrogens is 428 g/mol. The lowest BCUT2D eigenvalue weighted by Gasteiger charge is -2.09. The summed E-state index contributed by atoms with van der Waals surface area (Å²) in [5.41, 5.74) is 3.88. The first kappa shape index (κ1) is 21.3. The molecule has 0 bridgehead atoms. The third-order valence-corrected chi connectivity index (χ3v) is 6.38. The molecule has 4 nitrogen and oxygen atoms in total. The molecular formula is C25H23ClN2O2S. The summed E-state index contributed by atoms with van der Waals surface area (Å²) in [5, 5.41) is 8.59. The van der Waals surface area contributed by atoms with Gasteiger partial charge in [0.05, 0.1) is 12.3 Å². The van der Waals surface area contributed by atoms with E-state index in [9.17, 15) is 4.79 Å². The molecule has 0 aliphatic rings. The zero-order valence-electron chi connectivity index (χ0n) is 17.4. The summed E-state index contributed by atoms with van der Waals surface area (Å²) in [6.07, 6.45) is 0.992. The smallest absolute Gasteiger partial charge is 0.226 e. The third-order valence-electron chi connectivity index (χ3n) is 5.02. The van der Waals surface area contributed by atoms with Crippen LogP contribution in [0.5, 0.6) is 5.75 Å². The van der Waals surface area contributed by atoms with E-state index in [1.807, 2.05) is 43.5 Å². The second-order valence-electron chi connectivity index (χ2n) is 7.47. The molecule has 158 valence electrons. The van der Waals surface area contributed by atoms with Gasteiger partial charge in [0.25, 0.3) is 0 Å². The van der Waals surface area contributed by atoms with Gasteiger partial charge in [-0.25, -0.2) is 4.98 Å². The molecule has 1 N–H and O–H groups in total. The Hall–Kier alpha value is -2.89. The standard InChI is InChI=1S/C25H23ClN2O2S/c1-16-12-21(13-17(2)24(16)26)30-11-5-8-23(29)28-25-27-22(15-31-25)20-10-9-18-6-3-4-7-19(18)14-20/h3-4,6-7,9-10,12-15H,5,8,11H2,1-2H3,(H,27,28,29). The first-order valence-electron chi connectivity index (χ1n) is 10.1. The van der Waals surface area contributed by atoms with Crippen LogP contribution in [-0.2, 0) is 4.79 Å². The van der Waals surface area contributed by atoms with E-state index in [1.165, 1.54) is 22.1 Å². The molecule has 0 unspecified atom stereocenters. The van der Waals surface area contributed by atoms with Crippen LogP contribution in [0, 0.1) is 13.8 Å². The number of ether oxygens (including phenoxy) is 1. The number of aryl methyl sites for hydroxylation is 2. The molecule has 4 rings (SSSR count). The molecule has 4 aromatic rings. The van der Waals surface area contributed by atoms with Crippen molar-refractivity contribution in [3.63, 3.8) is 0 Å². The lowest BCUT2D eigenvalue weighted by Crippen LogP contribution is -2.12. The van der Waals surface area contributed by atoms with Crippen LogP contribution in [0.3, 0.4) is 0 Å². The molecule has 6 heteroatoms. The molecule has 0 saturated heterocycles. The van der Waals surface area contributed by atoms with Crippen molar-refractivity contribution in [2.45, 2.75) is 26.7 Å². The second kappa shape index (κ2) is 9.50. The summed E-state index contributed by atoms with van der Waals surface area (Å²) in [6, 6.07) is 18.3. The number of nitrogens with zero attached hydrogens (tertiary/aromatic N) is 1. The molecule has 1 amide bonds. The van der Waals surface area contributed by atoms with Crippen molar-refractivity contribution in [3.05, 3.63) is 76.1 Å². The van der Waals surface area contributed by atoms with Crippen LogP contribution >= 0.6 is 22.9 Å². The number of carbonyl (C=O) groups excluding carboxylic acids is 1. The highest BCUT2D eigenvalue weighted by Gasteiger charge is 2.09. The normalized spacial score (nSPS) is 10.9. The Morgan fingerprint density at radius 1 is 1.06 bits per heavy atom. The highest BCUT2D eigenvalue weighted by atomic mass is 35.5. The van der Waals surface area contributed by atoms with Gasteiger partial charge in [-0.1, -0.05) is 48.0 Å². The van der Waals surface area contributed by atoms with Gasteiger partial charge in [-0.3, -0.25) is 4.79 Å². The lowest BCUT2D eigenvalue weighted by atomic mass is 10.1. The minimum Gasteiger partial charge on any atom is -0.494 e. The second-order valence-corrected chi connectivity index (χ2v) is 8.71. The summed E-state index contributed by atoms with van der Waals surface area (Å²) in [6.45, 7) is 4.37. The van der Waals surface area contributed by atoms with E-state index in [0.29, 0.717) is 24.6 Å². The maximum atomic E-state index is 12.3. The maximum Gasteiger partial charge on any atom is 0.226 e. The van der Waals surface area contributed by atoms with Crippen LogP contribution in [0.4, 0.5) is 5.13 Å². The molecule has 1 heterocycles. The molecule has 0 radical (unpaired) electrons. The summed E-state index contributed by atoms with van der Waals surface area (Å²) >= 11 is 7.61. The summed E-state index contributed by atoms with van der Waals surface area (Å²) < 4.78 is 5.77. The predicted molar refractivity (Wildman–Crippen MR) is 129 cm³/mol. The van der Waals surface area contributed by atoms with Crippen LogP contribution in [0.1, 0.15) is 24.0 Å². The van der Waals surface area contributed by atoms with E-state index in [4.69, 9.17) is 16.3 Å². The molecule has 0 saturated carbocycles. The van der Waals surface area contributed by atoms with Gasteiger partial charge in [0, 0.05) is 22.4 Å². The number of hydrogen-bond donors (Lipinski definition) is 1. The number of rotatable bonds is 7. The Morgan fingerprint density at radius 3 is 2.58 bits per heavy atom. The van der Waals surface area contributed by atoms with Gasteiger partial charge in [0.2, 0.25) is 5.91 Å². The Bertz CT molecular complexity index is 1210. The van der Waals surface area contributed by atoms with Gasteiger partial charge in [-0.05, 0) is 60.4 Å². The van der Waals surface area contributed by atoms with E-state index in [1.54, 1.807) is 0 Å². The topological polar surface area (TPSA) is 51.2 Å². The predicted octanol–water partition coefficient (Wildman–Crippen LogP) is 7.03. The number of aromatic nitrogens is 1. The Morgan fingerprint density at radius 2 is 1.81 bits per heavy atom. The Kier molecular flexibility index (Phi) is 6.54. The fourth-order valence-corrected chi connectivity index (χ4v) is 4.25. The summed E-state index contributed by atoms with van der Waals surface area (Å²) in [5.74, 6) is 0.714. The molecule has 1 aromatic heterocycles. The summed E-state index contributed by atoms with van der Waals surface area (Å²) in [4.78, 5) is 16.9. The van der Waals surface area contributed by atoms with Crippen LogP contribution in [0.15, 0.2) is 60.0 Å². The maximum absolute atomic E-state index is 12.3. The number of benzene rings is 3. The van der Waals surface area contributed by atoms with Gasteiger partial charge < -0.3 is 10.1 Å². The van der Waals surface area contributed by atoms with E-state index < -0.39 is 0 Å². The fourth-order valence-electron chi connectivity index (χ4n) is 3.41. The van der Waals surface area contributed by atoms with Crippen LogP contribution in [0.25, 0.3) is 22.0 Å². The number of fused-ring (bicyclic) bond motifs is 1. The fraction of sp³-hybridized carbons (Fsp3) is 0.200. The highest BCUT2D eigenvalue weighted by Crippen LogP contribution is 2.28. The number of nitrogens with one attached hydrogen (secondary N) is 1. The van der Waals surface area contributed by atoms with E-state index in [2.05, 4.69) is 40.6 Å². The van der Waals surface area contributed by atoms with Gasteiger partial charge in [0.15, 0.2) is 5.13 Å². The first-order valence-corrected chi connectivity index (χ1v) is 11.4. The number of halogens is 1. The molecule has 0 fully saturated rings. The van der Waals surface area contributed by atoms with Crippen molar-refractivity contribution in [1.29, 1.82) is 0 Å². The average Bonchev–Trinajstić information content (AvgIpc) is 3.23. The number of anilines is 1. The van der Waals surface area contributed by atoms with Crippen molar-refractivity contribution < 1.29 is 9.53 Å². The lowest BCUT2D eigenvalue weighted by molar-refractivity contribution is -0.116. The monoisotopic (exact) mass is 450 g/mol. The number of hydrogen-bond acceptors (Lipinski definition) is 4. The number of amides is 1. The van der Waals surface area contributed by atoms with Crippen LogP contribution < -0.4 is 10.1 Å². The SMILES string of the molecule is Cc1cc(OCCCC(=O)Nc2nc(-c3ccc4ccccc4c3)cs2)cc(C)c1Cl. The minimum atomic E-state index is -0.0634. The molecule has 3 aromatic carbocycles. The molecule has 0 aliphatic heterocycles. The minimum absolute atomic E-state index is 0.0634. The van der Waals surface area contributed by atoms with Crippen molar-refractivity contribution >= 4 is 44.7 Å². The van der Waals surface area contributed by atoms with Crippen molar-refractivity contribution in [2.24, 2.45) is 0 Å². The average molecular weight is 451 g/mol. The van der Waals surface area contributed by atoms with E-state index >= 15 is 0 Å². The zero-order valence-corrected chi connectivity index (χ0v) is 19.0. The quantitative estimate of drug-likeness (QED) is 0.307. The van der Waals surface area contributed by atoms with E-state index in [0.717, 1.165) is 33.2 Å². The number of thiazole rings is 1. The van der Waals surface area contributed by atoms with Gasteiger partial charge >= 0.3 is 0 Å². The first-order chi connectivity index (χ1) is 15.0. The third kappa shape index (κ3) is 5.24. The van der Waals surface area contributed by atoms with Crippen LogP contribution in [-0.4, -0.2) is 17.5 Å². The largest absolute Gasteiger partial charge is 0.494 e. The van der Waals surface area contributed by atoms with Gasteiger partial charge in [0.1, 0.15) is 5.75 Å². The molecule has 31 heavy (non-hydrogen) atoms. The Balaban J connectivity index is 1.29. The zero-order chi connectivity index (χ0) is 21.8. The van der Waals surface area contributed by atoms with Gasteiger partial charge in [-0.2, -0.15) is 0 Å². The molecule has 0 atom stereocenters. The summed E-state index contributed by atoms with van der Waals surface area (Å²) in [7, 11) is 0. The van der Waals surface area contributed by atoms with Crippen molar-refractivity contribution in [2.75, 3.05) is 11.9 Å². The van der Waals surface area contributed by atoms with Gasteiger partial charge in [-0.15, -0.1) is 11.3 Å². The van der Waals surface area contributed by atoms with Crippen molar-refractivity contribution in [1.82, 2.24) is 4.98 Å². The van der Waals surface area contributed by atoms with Crippen molar-refractivity contribution in [3.8, 4) is 17.0 Å². The van der Waals surface area contributed by atoms with Crippen LogP contribution in [0.2, 0.25) is 5.02 Å². The molecule has 0 aliphatic carbocycles. The van der Waals surface area contributed by atoms with E-state index in [-0.39, 0.29) is 5.91 Å². The number of carbonyl (C=O) groups is 1. The highest BCUT2D eigenvalue weighted by molar-refractivity contribution is 7.14. The Labute approximate surface area is 190 Å². The molecule has 0 spiro atoms.